The zero-order valence-electron chi connectivity index (χ0n) is 19.3. The third kappa shape index (κ3) is 6.06. The zero-order chi connectivity index (χ0) is 25.7. The molecule has 1 amide bonds. The fraction of sp³-hybridized carbons (Fsp3) is 0.240. The molecule has 0 fully saturated rings. The minimum absolute atomic E-state index is 0.00523. The van der Waals surface area contributed by atoms with Crippen molar-refractivity contribution in [2.45, 2.75) is 32.5 Å². The van der Waals surface area contributed by atoms with Gasteiger partial charge in [0.15, 0.2) is 5.82 Å². The van der Waals surface area contributed by atoms with Crippen LogP contribution in [0.2, 0.25) is 5.02 Å². The van der Waals surface area contributed by atoms with Crippen molar-refractivity contribution in [3.05, 3.63) is 71.6 Å². The highest BCUT2D eigenvalue weighted by Crippen LogP contribution is 2.36. The summed E-state index contributed by atoms with van der Waals surface area (Å²) < 4.78 is 46.5. The van der Waals surface area contributed by atoms with Gasteiger partial charge >= 0.3 is 6.18 Å². The second-order valence-corrected chi connectivity index (χ2v) is 8.37. The van der Waals surface area contributed by atoms with Gasteiger partial charge in [0, 0.05) is 31.4 Å². The van der Waals surface area contributed by atoms with E-state index in [0.717, 1.165) is 29.6 Å². The van der Waals surface area contributed by atoms with Crippen LogP contribution in [0.25, 0.3) is 11.0 Å². The monoisotopic (exact) mass is 517 g/mol. The van der Waals surface area contributed by atoms with Crippen LogP contribution in [0.1, 0.15) is 25.3 Å². The number of hydrogen-bond acceptors (Lipinski definition) is 5. The van der Waals surface area contributed by atoms with Crippen molar-refractivity contribution in [2.24, 2.45) is 0 Å². The first-order valence-corrected chi connectivity index (χ1v) is 11.6. The molecule has 2 N–H and O–H groups in total. The maximum atomic E-state index is 13.0. The van der Waals surface area contributed by atoms with Crippen molar-refractivity contribution in [1.29, 1.82) is 0 Å². The number of carbonyl (C=O) groups is 1. The van der Waals surface area contributed by atoms with E-state index < -0.39 is 11.7 Å². The maximum absolute atomic E-state index is 13.0. The molecule has 0 aliphatic heterocycles. The van der Waals surface area contributed by atoms with Crippen LogP contribution in [0.4, 0.5) is 24.7 Å². The van der Waals surface area contributed by atoms with E-state index in [1.165, 1.54) is 18.5 Å². The van der Waals surface area contributed by atoms with Gasteiger partial charge in [-0.2, -0.15) is 13.2 Å². The minimum atomic E-state index is -4.47. The molecule has 2 heterocycles. The number of fused-ring (bicyclic) bond motifs is 1. The van der Waals surface area contributed by atoms with Crippen LogP contribution in [0.15, 0.2) is 61.1 Å². The number of halogens is 4. The molecule has 188 valence electrons. The largest absolute Gasteiger partial charge is 0.456 e. The van der Waals surface area contributed by atoms with Crippen LogP contribution in [-0.2, 0) is 17.5 Å². The molecule has 0 bridgehead atoms. The zero-order valence-corrected chi connectivity index (χ0v) is 20.0. The maximum Gasteiger partial charge on any atom is 0.416 e. The standard InChI is InChI=1S/C25H23ClF3N5O2/c1-2-4-22(35)30-10-12-34-11-9-20-23(34)24(32-15-31-20)33-17-7-8-21(19(26)14-17)36-18-6-3-5-16(13-18)25(27,28)29/h3,5-9,11,13-15H,2,4,10,12H2,1H3,(H,30,35)(H,31,32,33). The molecule has 2 aromatic carbocycles. The van der Waals surface area contributed by atoms with Crippen molar-refractivity contribution in [3.8, 4) is 11.5 Å². The summed E-state index contributed by atoms with van der Waals surface area (Å²) in [6.07, 6.45) is 0.0991. The third-order valence-corrected chi connectivity index (χ3v) is 5.58. The molecular formula is C25H23ClF3N5O2. The van der Waals surface area contributed by atoms with Gasteiger partial charge < -0.3 is 19.9 Å². The lowest BCUT2D eigenvalue weighted by molar-refractivity contribution is -0.137. The Labute approximate surface area is 210 Å². The summed E-state index contributed by atoms with van der Waals surface area (Å²) in [5.74, 6) is 0.771. The van der Waals surface area contributed by atoms with Gasteiger partial charge in [0.1, 0.15) is 23.3 Å². The van der Waals surface area contributed by atoms with Crippen LogP contribution in [-0.4, -0.2) is 27.0 Å². The van der Waals surface area contributed by atoms with E-state index in [0.29, 0.717) is 31.0 Å². The molecule has 2 aromatic heterocycles. The van der Waals surface area contributed by atoms with Crippen molar-refractivity contribution in [1.82, 2.24) is 19.9 Å². The van der Waals surface area contributed by atoms with E-state index in [2.05, 4.69) is 20.6 Å². The first-order chi connectivity index (χ1) is 17.2. The molecule has 0 unspecified atom stereocenters. The van der Waals surface area contributed by atoms with Gasteiger partial charge in [0.25, 0.3) is 0 Å². The highest BCUT2D eigenvalue weighted by Gasteiger charge is 2.30. The summed E-state index contributed by atoms with van der Waals surface area (Å²) in [7, 11) is 0. The summed E-state index contributed by atoms with van der Waals surface area (Å²) in [5.41, 5.74) is 1.26. The Kier molecular flexibility index (Phi) is 7.64. The van der Waals surface area contributed by atoms with Crippen LogP contribution in [0.5, 0.6) is 11.5 Å². The predicted octanol–water partition coefficient (Wildman–Crippen LogP) is 6.56. The van der Waals surface area contributed by atoms with E-state index in [9.17, 15) is 18.0 Å². The van der Waals surface area contributed by atoms with Crippen LogP contribution < -0.4 is 15.4 Å². The van der Waals surface area contributed by atoms with Crippen LogP contribution in [0, 0.1) is 0 Å². The highest BCUT2D eigenvalue weighted by molar-refractivity contribution is 6.32. The molecule has 36 heavy (non-hydrogen) atoms. The van der Waals surface area contributed by atoms with Gasteiger partial charge in [-0.05, 0) is 48.9 Å². The predicted molar refractivity (Wildman–Crippen MR) is 132 cm³/mol. The van der Waals surface area contributed by atoms with E-state index >= 15 is 0 Å². The van der Waals surface area contributed by atoms with Crippen molar-refractivity contribution in [3.63, 3.8) is 0 Å². The Morgan fingerprint density at radius 2 is 1.97 bits per heavy atom. The molecule has 0 aliphatic carbocycles. The molecule has 4 aromatic rings. The number of alkyl halides is 3. The summed E-state index contributed by atoms with van der Waals surface area (Å²) >= 11 is 6.36. The quantitative estimate of drug-likeness (QED) is 0.263. The molecule has 0 saturated heterocycles. The first kappa shape index (κ1) is 25.3. The number of rotatable bonds is 9. The van der Waals surface area contributed by atoms with Gasteiger partial charge in [-0.25, -0.2) is 9.97 Å². The topological polar surface area (TPSA) is 81.1 Å². The van der Waals surface area contributed by atoms with E-state index in [1.807, 2.05) is 23.8 Å². The van der Waals surface area contributed by atoms with Gasteiger partial charge in [0.05, 0.1) is 16.1 Å². The fourth-order valence-electron chi connectivity index (χ4n) is 3.60. The lowest BCUT2D eigenvalue weighted by atomic mass is 10.2. The van der Waals surface area contributed by atoms with Crippen molar-refractivity contribution >= 4 is 40.0 Å². The smallest absolute Gasteiger partial charge is 0.416 e. The number of nitrogens with one attached hydrogen (secondary N) is 2. The Balaban J connectivity index is 1.50. The average molecular weight is 518 g/mol. The van der Waals surface area contributed by atoms with Gasteiger partial charge in [0.2, 0.25) is 5.91 Å². The fourth-order valence-corrected chi connectivity index (χ4v) is 3.82. The number of amides is 1. The average Bonchev–Trinajstić information content (AvgIpc) is 3.25. The molecule has 0 spiro atoms. The summed E-state index contributed by atoms with van der Waals surface area (Å²) in [6, 6.07) is 11.3. The first-order valence-electron chi connectivity index (χ1n) is 11.2. The van der Waals surface area contributed by atoms with Crippen LogP contribution >= 0.6 is 11.6 Å². The molecular weight excluding hydrogens is 495 g/mol. The number of hydrogen-bond donors (Lipinski definition) is 2. The number of carbonyl (C=O) groups excluding carboxylic acids is 1. The lowest BCUT2D eigenvalue weighted by Gasteiger charge is -2.13. The third-order valence-electron chi connectivity index (χ3n) is 5.29. The highest BCUT2D eigenvalue weighted by atomic mass is 35.5. The minimum Gasteiger partial charge on any atom is -0.456 e. The second kappa shape index (κ2) is 10.9. The number of benzene rings is 2. The SMILES string of the molecule is CCCC(=O)NCCn1ccc2ncnc(Nc3ccc(Oc4cccc(C(F)(F)F)c4)c(Cl)c3)c21. The molecule has 7 nitrogen and oxygen atoms in total. The summed E-state index contributed by atoms with van der Waals surface area (Å²) in [5, 5.41) is 6.30. The second-order valence-electron chi connectivity index (χ2n) is 7.96. The van der Waals surface area contributed by atoms with Gasteiger partial charge in [-0.1, -0.05) is 24.6 Å². The van der Waals surface area contributed by atoms with Crippen LogP contribution in [0.3, 0.4) is 0 Å². The Hall–Kier alpha value is -3.79. The number of anilines is 2. The number of nitrogens with zero attached hydrogens (tertiary/aromatic N) is 3. The number of aromatic nitrogens is 3. The molecule has 0 saturated carbocycles. The van der Waals surface area contributed by atoms with Gasteiger partial charge in [-0.3, -0.25) is 4.79 Å². The van der Waals surface area contributed by atoms with E-state index in [4.69, 9.17) is 16.3 Å². The van der Waals surface area contributed by atoms with Crippen molar-refractivity contribution < 1.29 is 22.7 Å². The number of ether oxygens (including phenoxy) is 1. The molecule has 0 aliphatic rings. The Morgan fingerprint density at radius 3 is 2.72 bits per heavy atom. The summed E-state index contributed by atoms with van der Waals surface area (Å²) in [4.78, 5) is 20.4. The Bertz CT molecular complexity index is 1370. The Morgan fingerprint density at radius 1 is 1.14 bits per heavy atom. The molecule has 4 rings (SSSR count). The molecule has 11 heteroatoms. The molecule has 0 radical (unpaired) electrons. The lowest BCUT2D eigenvalue weighted by Crippen LogP contribution is -2.26. The van der Waals surface area contributed by atoms with E-state index in [-0.39, 0.29) is 22.4 Å². The van der Waals surface area contributed by atoms with Crippen molar-refractivity contribution in [2.75, 3.05) is 11.9 Å². The van der Waals surface area contributed by atoms with E-state index in [1.54, 1.807) is 18.2 Å². The molecule has 0 atom stereocenters. The van der Waals surface area contributed by atoms with Gasteiger partial charge in [-0.15, -0.1) is 0 Å². The normalized spacial score (nSPS) is 11.5. The summed E-state index contributed by atoms with van der Waals surface area (Å²) in [6.45, 7) is 2.94.